The molecule has 0 aromatic carbocycles. The fourth-order valence-corrected chi connectivity index (χ4v) is 3.49. The van der Waals surface area contributed by atoms with Crippen LogP contribution in [0.25, 0.3) is 0 Å². The van der Waals surface area contributed by atoms with E-state index in [1.807, 2.05) is 6.92 Å². The van der Waals surface area contributed by atoms with Crippen molar-refractivity contribution in [3.63, 3.8) is 0 Å². The highest BCUT2D eigenvalue weighted by Crippen LogP contribution is 2.20. The number of aromatic nitrogens is 2. The summed E-state index contributed by atoms with van der Waals surface area (Å²) in [5.41, 5.74) is 5.51. The van der Waals surface area contributed by atoms with Crippen LogP contribution in [0, 0.1) is 0 Å². The second kappa shape index (κ2) is 5.81. The molecule has 0 spiro atoms. The van der Waals surface area contributed by atoms with Crippen LogP contribution in [0.3, 0.4) is 0 Å². The van der Waals surface area contributed by atoms with Crippen molar-refractivity contribution in [3.8, 4) is 0 Å². The second-order valence-electron chi connectivity index (χ2n) is 3.76. The van der Waals surface area contributed by atoms with Crippen LogP contribution in [0.1, 0.15) is 19.8 Å². The Bertz CT molecular complexity index is 452. The Morgan fingerprint density at radius 1 is 1.65 bits per heavy atom. The molecule has 3 N–H and O–H groups in total. The Balaban J connectivity index is 2.96. The maximum Gasteiger partial charge on any atom is 0.259 e. The molecule has 6 nitrogen and oxygen atoms in total. The molecule has 0 bridgehead atoms. The molecule has 0 amide bonds. The molecule has 1 aromatic rings. The van der Waals surface area contributed by atoms with Gasteiger partial charge in [-0.1, -0.05) is 24.9 Å². The Hall–Kier alpha value is -0.630. The van der Waals surface area contributed by atoms with Gasteiger partial charge in [0.1, 0.15) is 0 Å². The molecule has 0 saturated carbocycles. The van der Waals surface area contributed by atoms with E-state index in [1.165, 1.54) is 17.9 Å². The Kier molecular flexibility index (Phi) is 4.93. The Morgan fingerprint density at radius 2 is 2.29 bits per heavy atom. The van der Waals surface area contributed by atoms with Crippen LogP contribution in [-0.4, -0.2) is 30.8 Å². The lowest BCUT2D eigenvalue weighted by Crippen LogP contribution is -2.40. The number of sulfonamides is 1. The minimum atomic E-state index is -3.67. The molecule has 0 aliphatic carbocycles. The van der Waals surface area contributed by atoms with E-state index in [0.717, 1.165) is 6.42 Å². The van der Waals surface area contributed by atoms with E-state index < -0.39 is 10.0 Å². The Labute approximate surface area is 106 Å². The lowest BCUT2D eigenvalue weighted by Gasteiger charge is -2.16. The average molecular weight is 281 g/mol. The largest absolute Gasteiger partial charge is 0.329 e. The topological polar surface area (TPSA) is 90.0 Å². The second-order valence-corrected chi connectivity index (χ2v) is 5.80. The van der Waals surface area contributed by atoms with Crippen LogP contribution in [0.2, 0.25) is 5.02 Å². The molecule has 1 aromatic heterocycles. The highest BCUT2D eigenvalue weighted by atomic mass is 35.5. The summed E-state index contributed by atoms with van der Waals surface area (Å²) in [7, 11) is -2.15. The van der Waals surface area contributed by atoms with Gasteiger partial charge in [0.15, 0.2) is 5.03 Å². The number of hydrogen-bond acceptors (Lipinski definition) is 4. The predicted octanol–water partition coefficient (Wildman–Crippen LogP) is 0.479. The first-order valence-electron chi connectivity index (χ1n) is 5.32. The van der Waals surface area contributed by atoms with Gasteiger partial charge in [-0.05, 0) is 6.42 Å². The molecule has 0 saturated heterocycles. The van der Waals surface area contributed by atoms with Gasteiger partial charge in [0.05, 0.1) is 11.2 Å². The molecular weight excluding hydrogens is 264 g/mol. The number of hydrogen-bond donors (Lipinski definition) is 2. The first kappa shape index (κ1) is 14.4. The van der Waals surface area contributed by atoms with E-state index in [4.69, 9.17) is 17.3 Å². The molecular formula is C9H17ClN4O2S. The van der Waals surface area contributed by atoms with E-state index in [0.29, 0.717) is 6.42 Å². The summed E-state index contributed by atoms with van der Waals surface area (Å²) in [5.74, 6) is 0. The van der Waals surface area contributed by atoms with Gasteiger partial charge in [0.2, 0.25) is 0 Å². The number of aryl methyl sites for hydroxylation is 1. The van der Waals surface area contributed by atoms with Crippen LogP contribution in [0.5, 0.6) is 0 Å². The summed E-state index contributed by atoms with van der Waals surface area (Å²) in [5, 5.41) is 3.87. The van der Waals surface area contributed by atoms with E-state index in [1.54, 1.807) is 0 Å². The molecule has 0 radical (unpaired) electrons. The highest BCUT2D eigenvalue weighted by Gasteiger charge is 2.25. The summed E-state index contributed by atoms with van der Waals surface area (Å²) >= 11 is 5.80. The highest BCUT2D eigenvalue weighted by molar-refractivity contribution is 7.89. The zero-order valence-electron chi connectivity index (χ0n) is 9.85. The lowest BCUT2D eigenvalue weighted by molar-refractivity contribution is 0.517. The summed E-state index contributed by atoms with van der Waals surface area (Å²) < 4.78 is 27.9. The van der Waals surface area contributed by atoms with E-state index in [9.17, 15) is 8.42 Å². The summed E-state index contributed by atoms with van der Waals surface area (Å²) in [6, 6.07) is -0.282. The maximum atomic E-state index is 12.1. The van der Waals surface area contributed by atoms with Crippen molar-refractivity contribution in [2.75, 3.05) is 6.54 Å². The van der Waals surface area contributed by atoms with Crippen LogP contribution < -0.4 is 10.5 Å². The average Bonchev–Trinajstić information content (AvgIpc) is 2.58. The zero-order valence-corrected chi connectivity index (χ0v) is 11.4. The molecule has 1 atom stereocenters. The molecule has 1 heterocycles. The van der Waals surface area contributed by atoms with Crippen LogP contribution >= 0.6 is 11.6 Å². The van der Waals surface area contributed by atoms with E-state index in [-0.39, 0.29) is 22.6 Å². The third kappa shape index (κ3) is 3.41. The third-order valence-corrected chi connectivity index (χ3v) is 4.37. The molecule has 8 heteroatoms. The van der Waals surface area contributed by atoms with Crippen molar-refractivity contribution >= 4 is 21.6 Å². The van der Waals surface area contributed by atoms with Crippen molar-refractivity contribution in [2.45, 2.75) is 30.8 Å². The van der Waals surface area contributed by atoms with Crippen LogP contribution in [-0.2, 0) is 17.1 Å². The van der Waals surface area contributed by atoms with Gasteiger partial charge in [0, 0.05) is 19.6 Å². The summed E-state index contributed by atoms with van der Waals surface area (Å²) in [6.45, 7) is 2.22. The number of nitrogens with two attached hydrogens (primary N) is 1. The lowest BCUT2D eigenvalue weighted by atomic mass is 10.2. The quantitative estimate of drug-likeness (QED) is 0.793. The van der Waals surface area contributed by atoms with Crippen molar-refractivity contribution in [1.29, 1.82) is 0 Å². The van der Waals surface area contributed by atoms with E-state index >= 15 is 0 Å². The molecule has 1 unspecified atom stereocenters. The van der Waals surface area contributed by atoms with Gasteiger partial charge in [-0.2, -0.15) is 5.10 Å². The zero-order chi connectivity index (χ0) is 13.1. The fourth-order valence-electron chi connectivity index (χ4n) is 1.55. The van der Waals surface area contributed by atoms with E-state index in [2.05, 4.69) is 9.82 Å². The van der Waals surface area contributed by atoms with Gasteiger partial charge in [-0.3, -0.25) is 4.68 Å². The number of halogens is 1. The minimum absolute atomic E-state index is 0.0336. The number of rotatable bonds is 6. The van der Waals surface area contributed by atoms with Crippen molar-refractivity contribution < 1.29 is 8.42 Å². The SMILES string of the molecule is CCCC(CN)NS(=O)(=O)c1c(Cl)cnn1C. The molecule has 1 rings (SSSR count). The van der Waals surface area contributed by atoms with Crippen molar-refractivity contribution in [3.05, 3.63) is 11.2 Å². The van der Waals surface area contributed by atoms with Crippen LogP contribution in [0.15, 0.2) is 11.2 Å². The monoisotopic (exact) mass is 280 g/mol. The fraction of sp³-hybridized carbons (Fsp3) is 0.667. The standard InChI is InChI=1S/C9H17ClN4O2S/c1-3-4-7(5-11)13-17(15,16)9-8(10)6-12-14(9)2/h6-7,13H,3-5,11H2,1-2H3. The van der Waals surface area contributed by atoms with Gasteiger partial charge in [-0.25, -0.2) is 13.1 Å². The van der Waals surface area contributed by atoms with Crippen molar-refractivity contribution in [1.82, 2.24) is 14.5 Å². The third-order valence-electron chi connectivity index (χ3n) is 2.34. The number of nitrogens with one attached hydrogen (secondary N) is 1. The molecule has 98 valence electrons. The van der Waals surface area contributed by atoms with Gasteiger partial charge in [-0.15, -0.1) is 0 Å². The molecule has 0 aliphatic heterocycles. The smallest absolute Gasteiger partial charge is 0.259 e. The van der Waals surface area contributed by atoms with Gasteiger partial charge in [0.25, 0.3) is 10.0 Å². The molecule has 0 fully saturated rings. The normalized spacial score (nSPS) is 13.9. The predicted molar refractivity (Wildman–Crippen MR) is 66.3 cm³/mol. The minimum Gasteiger partial charge on any atom is -0.329 e. The summed E-state index contributed by atoms with van der Waals surface area (Å²) in [6.07, 6.45) is 2.84. The van der Waals surface area contributed by atoms with Gasteiger partial charge >= 0.3 is 0 Å². The van der Waals surface area contributed by atoms with Crippen molar-refractivity contribution in [2.24, 2.45) is 12.8 Å². The first-order chi connectivity index (χ1) is 7.92. The maximum absolute atomic E-state index is 12.1. The van der Waals surface area contributed by atoms with Crippen LogP contribution in [0.4, 0.5) is 0 Å². The Morgan fingerprint density at radius 3 is 2.71 bits per heavy atom. The van der Waals surface area contributed by atoms with Gasteiger partial charge < -0.3 is 5.73 Å². The molecule has 0 aliphatic rings. The number of nitrogens with zero attached hydrogens (tertiary/aromatic N) is 2. The molecule has 17 heavy (non-hydrogen) atoms. The summed E-state index contributed by atoms with van der Waals surface area (Å²) in [4.78, 5) is 0. The first-order valence-corrected chi connectivity index (χ1v) is 7.18.